The van der Waals surface area contributed by atoms with Crippen molar-refractivity contribution in [3.05, 3.63) is 82.6 Å². The number of carbonyl (C=O) groups excluding carboxylic acids is 3. The fourth-order valence-electron chi connectivity index (χ4n) is 4.14. The zero-order chi connectivity index (χ0) is 24.7. The van der Waals surface area contributed by atoms with Crippen LogP contribution in [-0.4, -0.2) is 61.4 Å². The monoisotopic (exact) mass is 463 g/mol. The van der Waals surface area contributed by atoms with Gasteiger partial charge in [-0.15, -0.1) is 0 Å². The SMILES string of the molecule is CCOC(=O)C1=C(C)N(Cc2cccc(C(=O)NCCN(C)C)c2)C(=O)CC1c1ccccc1. The van der Waals surface area contributed by atoms with Crippen LogP contribution in [0.2, 0.25) is 0 Å². The van der Waals surface area contributed by atoms with Gasteiger partial charge in [0.2, 0.25) is 5.91 Å². The number of amides is 2. The van der Waals surface area contributed by atoms with Crippen LogP contribution in [0.15, 0.2) is 65.9 Å². The van der Waals surface area contributed by atoms with Crippen molar-refractivity contribution in [2.75, 3.05) is 33.8 Å². The Bertz CT molecular complexity index is 1060. The van der Waals surface area contributed by atoms with Gasteiger partial charge in [-0.1, -0.05) is 42.5 Å². The lowest BCUT2D eigenvalue weighted by Crippen LogP contribution is -2.38. The highest BCUT2D eigenvalue weighted by molar-refractivity contribution is 5.96. The van der Waals surface area contributed by atoms with E-state index >= 15 is 0 Å². The van der Waals surface area contributed by atoms with Gasteiger partial charge in [0.25, 0.3) is 5.91 Å². The minimum atomic E-state index is -0.402. The molecule has 0 radical (unpaired) electrons. The van der Waals surface area contributed by atoms with Crippen LogP contribution in [0.1, 0.15) is 47.7 Å². The van der Waals surface area contributed by atoms with Crippen molar-refractivity contribution in [2.45, 2.75) is 32.7 Å². The average Bonchev–Trinajstić information content (AvgIpc) is 2.82. The number of ether oxygens (including phenoxy) is 1. The number of rotatable bonds is 9. The zero-order valence-electron chi connectivity index (χ0n) is 20.3. The summed E-state index contributed by atoms with van der Waals surface area (Å²) in [6.07, 6.45) is 0.181. The largest absolute Gasteiger partial charge is 0.463 e. The standard InChI is InChI=1S/C27H33N3O4/c1-5-34-27(33)25-19(2)30(24(31)17-23(25)21-11-7-6-8-12-21)18-20-10-9-13-22(16-20)26(32)28-14-15-29(3)4/h6-13,16,23H,5,14-15,17-18H2,1-4H3,(H,28,32). The fraction of sp³-hybridized carbons (Fsp3) is 0.370. The number of nitrogens with zero attached hydrogens (tertiary/aromatic N) is 2. The van der Waals surface area contributed by atoms with E-state index < -0.39 is 5.97 Å². The van der Waals surface area contributed by atoms with Gasteiger partial charge in [0.05, 0.1) is 18.7 Å². The summed E-state index contributed by atoms with van der Waals surface area (Å²) in [6, 6.07) is 16.8. The summed E-state index contributed by atoms with van der Waals surface area (Å²) in [6.45, 7) is 5.39. The minimum Gasteiger partial charge on any atom is -0.463 e. The Morgan fingerprint density at radius 1 is 1.12 bits per heavy atom. The molecule has 1 aliphatic heterocycles. The van der Waals surface area contributed by atoms with Crippen molar-refractivity contribution in [2.24, 2.45) is 0 Å². The van der Waals surface area contributed by atoms with Crippen molar-refractivity contribution in [1.29, 1.82) is 0 Å². The Morgan fingerprint density at radius 2 is 1.85 bits per heavy atom. The van der Waals surface area contributed by atoms with Crippen LogP contribution in [-0.2, 0) is 20.9 Å². The summed E-state index contributed by atoms with van der Waals surface area (Å²) in [5, 5.41) is 2.91. The third-order valence-electron chi connectivity index (χ3n) is 5.89. The number of hydrogen-bond donors (Lipinski definition) is 1. The number of allylic oxidation sites excluding steroid dienone is 1. The molecule has 34 heavy (non-hydrogen) atoms. The molecule has 7 heteroatoms. The van der Waals surface area contributed by atoms with Gasteiger partial charge in [-0.05, 0) is 51.2 Å². The second-order valence-corrected chi connectivity index (χ2v) is 8.63. The van der Waals surface area contributed by atoms with E-state index in [4.69, 9.17) is 4.74 Å². The summed E-state index contributed by atoms with van der Waals surface area (Å²) in [5.41, 5.74) is 3.35. The third-order valence-corrected chi connectivity index (χ3v) is 5.89. The predicted molar refractivity (Wildman–Crippen MR) is 131 cm³/mol. The number of carbonyl (C=O) groups is 3. The lowest BCUT2D eigenvalue weighted by molar-refractivity contribution is -0.140. The lowest BCUT2D eigenvalue weighted by Gasteiger charge is -2.34. The van der Waals surface area contributed by atoms with Crippen LogP contribution in [0, 0.1) is 0 Å². The number of hydrogen-bond acceptors (Lipinski definition) is 5. The van der Waals surface area contributed by atoms with E-state index in [2.05, 4.69) is 5.32 Å². The second-order valence-electron chi connectivity index (χ2n) is 8.63. The topological polar surface area (TPSA) is 79.0 Å². The Hall–Kier alpha value is -3.45. The number of nitrogens with one attached hydrogen (secondary N) is 1. The molecule has 1 atom stereocenters. The van der Waals surface area contributed by atoms with E-state index in [0.717, 1.165) is 17.7 Å². The molecule has 3 rings (SSSR count). The molecule has 1 unspecified atom stereocenters. The van der Waals surface area contributed by atoms with E-state index in [0.29, 0.717) is 23.4 Å². The summed E-state index contributed by atoms with van der Waals surface area (Å²) in [4.78, 5) is 42.3. The molecule has 0 spiro atoms. The first-order chi connectivity index (χ1) is 16.3. The van der Waals surface area contributed by atoms with Crippen LogP contribution in [0.4, 0.5) is 0 Å². The smallest absolute Gasteiger partial charge is 0.336 e. The Morgan fingerprint density at radius 3 is 2.53 bits per heavy atom. The normalized spacial score (nSPS) is 16.1. The number of esters is 1. The molecule has 1 heterocycles. The van der Waals surface area contributed by atoms with Gasteiger partial charge in [0.15, 0.2) is 0 Å². The molecular weight excluding hydrogens is 430 g/mol. The maximum absolute atomic E-state index is 13.2. The van der Waals surface area contributed by atoms with E-state index in [9.17, 15) is 14.4 Å². The molecule has 0 saturated heterocycles. The van der Waals surface area contributed by atoms with Gasteiger partial charge >= 0.3 is 5.97 Å². The van der Waals surface area contributed by atoms with Crippen LogP contribution in [0.3, 0.4) is 0 Å². The molecule has 0 fully saturated rings. The van der Waals surface area contributed by atoms with E-state index in [-0.39, 0.29) is 37.3 Å². The van der Waals surface area contributed by atoms with Gasteiger partial charge in [-0.25, -0.2) is 4.79 Å². The molecule has 7 nitrogen and oxygen atoms in total. The molecule has 180 valence electrons. The Balaban J connectivity index is 1.86. The number of benzene rings is 2. The molecule has 1 N–H and O–H groups in total. The third kappa shape index (κ3) is 6.11. The first kappa shape index (κ1) is 25.2. The first-order valence-electron chi connectivity index (χ1n) is 11.6. The summed E-state index contributed by atoms with van der Waals surface area (Å²) >= 11 is 0. The highest BCUT2D eigenvalue weighted by Crippen LogP contribution is 2.37. The molecule has 1 aliphatic rings. The summed E-state index contributed by atoms with van der Waals surface area (Å²) in [5.74, 6) is -0.976. The van der Waals surface area contributed by atoms with Crippen LogP contribution < -0.4 is 5.32 Å². The lowest BCUT2D eigenvalue weighted by atomic mass is 9.83. The van der Waals surface area contributed by atoms with Gasteiger partial charge in [0, 0.05) is 36.7 Å². The van der Waals surface area contributed by atoms with Gasteiger partial charge in [0.1, 0.15) is 0 Å². The molecule has 2 aromatic rings. The van der Waals surface area contributed by atoms with Gasteiger partial charge in [-0.3, -0.25) is 9.59 Å². The molecule has 0 saturated carbocycles. The maximum atomic E-state index is 13.2. The minimum absolute atomic E-state index is 0.0692. The van der Waals surface area contributed by atoms with Crippen molar-refractivity contribution in [3.8, 4) is 0 Å². The fourth-order valence-corrected chi connectivity index (χ4v) is 4.14. The Kier molecular flexibility index (Phi) is 8.60. The van der Waals surface area contributed by atoms with Crippen molar-refractivity contribution in [1.82, 2.24) is 15.1 Å². The predicted octanol–water partition coefficient (Wildman–Crippen LogP) is 3.33. The van der Waals surface area contributed by atoms with Crippen LogP contribution in [0.5, 0.6) is 0 Å². The summed E-state index contributed by atoms with van der Waals surface area (Å²) < 4.78 is 5.35. The Labute approximate surface area is 201 Å². The first-order valence-corrected chi connectivity index (χ1v) is 11.6. The van der Waals surface area contributed by atoms with Crippen molar-refractivity contribution < 1.29 is 19.1 Å². The molecule has 0 aromatic heterocycles. The van der Waals surface area contributed by atoms with Gasteiger partial charge < -0.3 is 19.9 Å². The molecule has 0 aliphatic carbocycles. The molecule has 2 aromatic carbocycles. The van der Waals surface area contributed by atoms with E-state index in [1.165, 1.54) is 0 Å². The summed E-state index contributed by atoms with van der Waals surface area (Å²) in [7, 11) is 3.90. The average molecular weight is 464 g/mol. The number of likely N-dealkylation sites (N-methyl/N-ethyl adjacent to an activating group) is 1. The van der Waals surface area contributed by atoms with E-state index in [1.54, 1.807) is 30.9 Å². The zero-order valence-corrected chi connectivity index (χ0v) is 20.3. The van der Waals surface area contributed by atoms with Crippen LogP contribution >= 0.6 is 0 Å². The molecular formula is C27H33N3O4. The molecule has 0 bridgehead atoms. The van der Waals surface area contributed by atoms with Gasteiger partial charge in [-0.2, -0.15) is 0 Å². The highest BCUT2D eigenvalue weighted by atomic mass is 16.5. The van der Waals surface area contributed by atoms with E-state index in [1.807, 2.05) is 61.5 Å². The molecule has 2 amide bonds. The highest BCUT2D eigenvalue weighted by Gasteiger charge is 2.36. The van der Waals surface area contributed by atoms with Crippen molar-refractivity contribution in [3.63, 3.8) is 0 Å². The maximum Gasteiger partial charge on any atom is 0.336 e. The second kappa shape index (κ2) is 11.6. The van der Waals surface area contributed by atoms with Crippen LogP contribution in [0.25, 0.3) is 0 Å². The quantitative estimate of drug-likeness (QED) is 0.577. The van der Waals surface area contributed by atoms with Crippen molar-refractivity contribution >= 4 is 17.8 Å².